The van der Waals surface area contributed by atoms with E-state index in [1.54, 1.807) is 47.8 Å². The number of rotatable bonds is 4. The van der Waals surface area contributed by atoms with Crippen LogP contribution in [-0.4, -0.2) is 66.0 Å². The highest BCUT2D eigenvalue weighted by Gasteiger charge is 2.31. The van der Waals surface area contributed by atoms with Gasteiger partial charge in [0, 0.05) is 66.1 Å². The van der Waals surface area contributed by atoms with Crippen molar-refractivity contribution in [2.24, 2.45) is 0 Å². The van der Waals surface area contributed by atoms with Gasteiger partial charge >= 0.3 is 0 Å². The Hall–Kier alpha value is -3.36. The third-order valence-corrected chi connectivity index (χ3v) is 6.33. The predicted molar refractivity (Wildman–Crippen MR) is 131 cm³/mol. The highest BCUT2D eigenvalue weighted by Crippen LogP contribution is 2.35. The van der Waals surface area contributed by atoms with Crippen molar-refractivity contribution in [2.75, 3.05) is 49.1 Å². The molecule has 4 heterocycles. The number of carbonyl (C=O) groups excluding carboxylic acids is 2. The summed E-state index contributed by atoms with van der Waals surface area (Å²) in [6.07, 6.45) is 5.13. The lowest BCUT2D eigenvalue weighted by molar-refractivity contribution is -0.132. The van der Waals surface area contributed by atoms with Gasteiger partial charge in [0.2, 0.25) is 5.91 Å². The average Bonchev–Trinajstić information content (AvgIpc) is 2.85. The number of pyridine rings is 2. The van der Waals surface area contributed by atoms with Gasteiger partial charge in [-0.05, 0) is 42.0 Å². The molecule has 0 spiro atoms. The molecule has 1 saturated heterocycles. The molecule has 0 saturated carbocycles. The van der Waals surface area contributed by atoms with Crippen molar-refractivity contribution in [1.82, 2.24) is 14.9 Å². The number of ether oxygens (including phenoxy) is 1. The van der Waals surface area contributed by atoms with Crippen LogP contribution >= 0.6 is 23.2 Å². The molecule has 2 amide bonds. The molecule has 0 unspecified atom stereocenters. The van der Waals surface area contributed by atoms with Crippen molar-refractivity contribution in [3.05, 3.63) is 65.0 Å². The molecule has 0 atom stereocenters. The standard InChI is InChI=1S/C24H21Cl2N5O3/c25-18-9-16(10-19(26)12-18)17-11-21-24(28-13-17)31(23(33)15-34-21)14-22(32)30-7-5-29(6-8-30)20-1-3-27-4-2-20/h1-4,9-13H,5-8,14-15H2. The summed E-state index contributed by atoms with van der Waals surface area (Å²) in [5.41, 5.74) is 2.61. The summed E-state index contributed by atoms with van der Waals surface area (Å²) in [6, 6.07) is 10.9. The van der Waals surface area contributed by atoms with E-state index in [0.29, 0.717) is 47.8 Å². The minimum absolute atomic E-state index is 0.0835. The lowest BCUT2D eigenvalue weighted by Crippen LogP contribution is -2.53. The van der Waals surface area contributed by atoms with Crippen LogP contribution in [0.2, 0.25) is 10.0 Å². The Morgan fingerprint density at radius 1 is 0.971 bits per heavy atom. The zero-order valence-electron chi connectivity index (χ0n) is 18.2. The number of anilines is 2. The molecule has 1 fully saturated rings. The first-order valence-corrected chi connectivity index (χ1v) is 11.6. The summed E-state index contributed by atoms with van der Waals surface area (Å²) in [5, 5.41) is 1.01. The Balaban J connectivity index is 1.29. The Labute approximate surface area is 206 Å². The van der Waals surface area contributed by atoms with Crippen molar-refractivity contribution >= 4 is 46.5 Å². The predicted octanol–water partition coefficient (Wildman–Crippen LogP) is 3.52. The summed E-state index contributed by atoms with van der Waals surface area (Å²) >= 11 is 12.2. The molecule has 3 aromatic rings. The highest BCUT2D eigenvalue weighted by molar-refractivity contribution is 6.35. The molecule has 0 N–H and O–H groups in total. The SMILES string of the molecule is O=C(CN1C(=O)COc2cc(-c3cc(Cl)cc(Cl)c3)cnc21)N1CCN(c2ccncc2)CC1. The molecule has 10 heteroatoms. The van der Waals surface area contributed by atoms with Gasteiger partial charge < -0.3 is 14.5 Å². The normalized spacial score (nSPS) is 15.7. The van der Waals surface area contributed by atoms with Crippen LogP contribution in [0.1, 0.15) is 0 Å². The molecule has 34 heavy (non-hydrogen) atoms. The maximum Gasteiger partial charge on any atom is 0.266 e. The molecule has 1 aromatic carbocycles. The molecule has 8 nitrogen and oxygen atoms in total. The largest absolute Gasteiger partial charge is 0.480 e. The van der Waals surface area contributed by atoms with E-state index >= 15 is 0 Å². The van der Waals surface area contributed by atoms with Crippen LogP contribution in [0.25, 0.3) is 11.1 Å². The van der Waals surface area contributed by atoms with Crippen molar-refractivity contribution in [3.8, 4) is 16.9 Å². The van der Waals surface area contributed by atoms with E-state index < -0.39 is 0 Å². The second-order valence-electron chi connectivity index (χ2n) is 8.05. The monoisotopic (exact) mass is 497 g/mol. The first-order valence-electron chi connectivity index (χ1n) is 10.8. The van der Waals surface area contributed by atoms with Gasteiger partial charge in [0.25, 0.3) is 5.91 Å². The maximum absolute atomic E-state index is 13.0. The Morgan fingerprint density at radius 3 is 2.38 bits per heavy atom. The average molecular weight is 498 g/mol. The zero-order valence-corrected chi connectivity index (χ0v) is 19.7. The van der Waals surface area contributed by atoms with Gasteiger partial charge in [0.1, 0.15) is 6.54 Å². The summed E-state index contributed by atoms with van der Waals surface area (Å²) in [7, 11) is 0. The van der Waals surface area contributed by atoms with E-state index in [-0.39, 0.29) is 25.0 Å². The van der Waals surface area contributed by atoms with Gasteiger partial charge in [-0.1, -0.05) is 23.2 Å². The number of benzene rings is 1. The highest BCUT2D eigenvalue weighted by atomic mass is 35.5. The first-order chi connectivity index (χ1) is 16.5. The molecule has 2 aliphatic heterocycles. The topological polar surface area (TPSA) is 78.9 Å². The van der Waals surface area contributed by atoms with Crippen LogP contribution in [0.3, 0.4) is 0 Å². The van der Waals surface area contributed by atoms with Crippen LogP contribution in [0.4, 0.5) is 11.5 Å². The van der Waals surface area contributed by atoms with Gasteiger partial charge in [-0.2, -0.15) is 0 Å². The van der Waals surface area contributed by atoms with Gasteiger partial charge in [-0.3, -0.25) is 19.5 Å². The van der Waals surface area contributed by atoms with Crippen molar-refractivity contribution < 1.29 is 14.3 Å². The van der Waals surface area contributed by atoms with Crippen molar-refractivity contribution in [1.29, 1.82) is 0 Å². The van der Waals surface area contributed by atoms with E-state index in [0.717, 1.165) is 16.8 Å². The molecule has 0 aliphatic carbocycles. The number of hydrogen-bond acceptors (Lipinski definition) is 6. The summed E-state index contributed by atoms with van der Waals surface area (Å²) in [4.78, 5) is 39.5. The fourth-order valence-electron chi connectivity index (χ4n) is 4.13. The van der Waals surface area contributed by atoms with Crippen molar-refractivity contribution in [2.45, 2.75) is 0 Å². The molecule has 0 bridgehead atoms. The van der Waals surface area contributed by atoms with Crippen LogP contribution in [0.15, 0.2) is 55.0 Å². The fraction of sp³-hybridized carbons (Fsp3) is 0.250. The smallest absolute Gasteiger partial charge is 0.266 e. The van der Waals surface area contributed by atoms with Crippen LogP contribution in [0.5, 0.6) is 5.75 Å². The first kappa shape index (κ1) is 22.4. The number of piperazine rings is 1. The van der Waals surface area contributed by atoms with Gasteiger partial charge in [-0.15, -0.1) is 0 Å². The Morgan fingerprint density at radius 2 is 1.68 bits per heavy atom. The lowest BCUT2D eigenvalue weighted by Gasteiger charge is -2.37. The fourth-order valence-corrected chi connectivity index (χ4v) is 4.65. The third-order valence-electron chi connectivity index (χ3n) is 5.89. The van der Waals surface area contributed by atoms with E-state index in [1.807, 2.05) is 12.1 Å². The Bertz CT molecular complexity index is 1210. The second kappa shape index (κ2) is 9.48. The molecule has 2 aromatic heterocycles. The number of fused-ring (bicyclic) bond motifs is 1. The molecular formula is C24H21Cl2N5O3. The minimum atomic E-state index is -0.303. The summed E-state index contributed by atoms with van der Waals surface area (Å²) in [6.45, 7) is 2.35. The molecule has 0 radical (unpaired) electrons. The molecular weight excluding hydrogens is 477 g/mol. The van der Waals surface area contributed by atoms with Crippen LogP contribution < -0.4 is 14.5 Å². The van der Waals surface area contributed by atoms with Gasteiger partial charge in [0.05, 0.1) is 0 Å². The summed E-state index contributed by atoms with van der Waals surface area (Å²) in [5.74, 6) is 0.339. The lowest BCUT2D eigenvalue weighted by atomic mass is 10.1. The molecule has 5 rings (SSSR count). The number of amides is 2. The minimum Gasteiger partial charge on any atom is -0.480 e. The number of carbonyl (C=O) groups is 2. The number of nitrogens with zero attached hydrogens (tertiary/aromatic N) is 5. The quantitative estimate of drug-likeness (QED) is 0.548. The van der Waals surface area contributed by atoms with E-state index in [4.69, 9.17) is 27.9 Å². The molecule has 174 valence electrons. The second-order valence-corrected chi connectivity index (χ2v) is 8.92. The van der Waals surface area contributed by atoms with Crippen molar-refractivity contribution in [3.63, 3.8) is 0 Å². The zero-order chi connectivity index (χ0) is 23.7. The van der Waals surface area contributed by atoms with Gasteiger partial charge in [0.15, 0.2) is 18.2 Å². The van der Waals surface area contributed by atoms with E-state index in [1.165, 1.54) is 4.90 Å². The number of halogens is 2. The van der Waals surface area contributed by atoms with Crippen LogP contribution in [-0.2, 0) is 9.59 Å². The number of hydrogen-bond donors (Lipinski definition) is 0. The van der Waals surface area contributed by atoms with E-state index in [9.17, 15) is 9.59 Å². The third kappa shape index (κ3) is 4.64. The Kier molecular flexibility index (Phi) is 6.26. The van der Waals surface area contributed by atoms with E-state index in [2.05, 4.69) is 14.9 Å². The van der Waals surface area contributed by atoms with Crippen LogP contribution in [0, 0.1) is 0 Å². The summed E-state index contributed by atoms with van der Waals surface area (Å²) < 4.78 is 5.62. The van der Waals surface area contributed by atoms with Gasteiger partial charge in [-0.25, -0.2) is 4.98 Å². The maximum atomic E-state index is 13.0. The number of aromatic nitrogens is 2. The molecule has 2 aliphatic rings.